The zero-order valence-electron chi connectivity index (χ0n) is 17.8. The Morgan fingerprint density at radius 1 is 1.22 bits per heavy atom. The minimum Gasteiger partial charge on any atom is -0.487 e. The molecule has 0 atom stereocenters. The van der Waals surface area contributed by atoms with Gasteiger partial charge in [-0.2, -0.15) is 5.10 Å². The lowest BCUT2D eigenvalue weighted by molar-refractivity contribution is 0.0644. The number of hydrogen-bond acceptors (Lipinski definition) is 8. The molecule has 166 valence electrons. The molecule has 0 bridgehead atoms. The topological polar surface area (TPSA) is 107 Å². The van der Waals surface area contributed by atoms with E-state index < -0.39 is 12.1 Å². The van der Waals surface area contributed by atoms with Crippen molar-refractivity contribution in [3.05, 3.63) is 47.9 Å². The Labute approximate surface area is 184 Å². The summed E-state index contributed by atoms with van der Waals surface area (Å²) in [6.07, 6.45) is 4.22. The first-order valence-electron chi connectivity index (χ1n) is 10.4. The summed E-state index contributed by atoms with van der Waals surface area (Å²) < 4.78 is 18.0. The lowest BCUT2D eigenvalue weighted by atomic mass is 10.0. The van der Waals surface area contributed by atoms with Crippen LogP contribution in [0.4, 0.5) is 16.2 Å². The summed E-state index contributed by atoms with van der Waals surface area (Å²) in [5, 5.41) is 6.77. The number of carbonyl (C=O) groups is 2. The quantitative estimate of drug-likeness (QED) is 0.492. The summed E-state index contributed by atoms with van der Waals surface area (Å²) >= 11 is 0. The minimum atomic E-state index is -0.872. The zero-order valence-corrected chi connectivity index (χ0v) is 17.8. The van der Waals surface area contributed by atoms with E-state index >= 15 is 0 Å². The molecule has 3 aromatic rings. The van der Waals surface area contributed by atoms with Gasteiger partial charge >= 0.3 is 12.1 Å². The van der Waals surface area contributed by atoms with Gasteiger partial charge in [0, 0.05) is 49.6 Å². The molecule has 1 aromatic carbocycles. The maximum absolute atomic E-state index is 12.6. The van der Waals surface area contributed by atoms with Gasteiger partial charge in [0.05, 0.1) is 36.3 Å². The normalized spacial score (nSPS) is 17.0. The number of ether oxygens (including phenoxy) is 3. The molecule has 1 fully saturated rings. The Hall–Kier alpha value is -3.66. The van der Waals surface area contributed by atoms with Gasteiger partial charge in [0.15, 0.2) is 5.65 Å². The highest BCUT2D eigenvalue weighted by molar-refractivity contribution is 6.01. The molecule has 2 aromatic heterocycles. The van der Waals surface area contributed by atoms with E-state index in [9.17, 15) is 9.59 Å². The molecule has 1 N–H and O–H groups in total. The third-order valence-electron chi connectivity index (χ3n) is 5.44. The SMILES string of the molecule is CC1(C)Cc2cc(NC(=O)OC(=O)c3cnc4ccnn4c3)c(N3CCOCC3)cc2O1. The van der Waals surface area contributed by atoms with Crippen LogP contribution in [-0.4, -0.2) is 58.6 Å². The molecule has 32 heavy (non-hydrogen) atoms. The monoisotopic (exact) mass is 437 g/mol. The molecule has 2 aliphatic heterocycles. The number of anilines is 2. The van der Waals surface area contributed by atoms with E-state index in [4.69, 9.17) is 14.2 Å². The lowest BCUT2D eigenvalue weighted by Crippen LogP contribution is -2.37. The average molecular weight is 437 g/mol. The number of benzene rings is 1. The Morgan fingerprint density at radius 3 is 2.84 bits per heavy atom. The van der Waals surface area contributed by atoms with Crippen LogP contribution in [-0.2, 0) is 15.9 Å². The molecule has 2 aliphatic rings. The standard InChI is InChI=1S/C22H23N5O5/c1-22(2)11-14-9-16(17(10-18(14)32-22)26-5-7-30-8-6-26)25-21(29)31-20(28)15-12-23-19-3-4-24-27(19)13-15/h3-4,9-10,12-13H,5-8,11H2,1-2H3,(H,25,29). The van der Waals surface area contributed by atoms with Crippen LogP contribution in [0.15, 0.2) is 36.8 Å². The largest absolute Gasteiger partial charge is 0.487 e. The van der Waals surface area contributed by atoms with Gasteiger partial charge in [-0.3, -0.25) is 5.32 Å². The van der Waals surface area contributed by atoms with Crippen LogP contribution in [0.5, 0.6) is 5.75 Å². The van der Waals surface area contributed by atoms with E-state index in [-0.39, 0.29) is 11.2 Å². The molecule has 0 saturated carbocycles. The third-order valence-corrected chi connectivity index (χ3v) is 5.44. The van der Waals surface area contributed by atoms with Crippen molar-refractivity contribution in [1.82, 2.24) is 14.6 Å². The van der Waals surface area contributed by atoms with E-state index in [2.05, 4.69) is 20.3 Å². The van der Waals surface area contributed by atoms with Crippen LogP contribution in [0.2, 0.25) is 0 Å². The van der Waals surface area contributed by atoms with Crippen molar-refractivity contribution in [3.8, 4) is 5.75 Å². The molecule has 5 rings (SSSR count). The zero-order chi connectivity index (χ0) is 22.3. The molecular formula is C22H23N5O5. The summed E-state index contributed by atoms with van der Waals surface area (Å²) in [7, 11) is 0. The highest BCUT2D eigenvalue weighted by Crippen LogP contribution is 2.41. The van der Waals surface area contributed by atoms with Crippen molar-refractivity contribution in [3.63, 3.8) is 0 Å². The van der Waals surface area contributed by atoms with Gasteiger partial charge in [-0.05, 0) is 19.9 Å². The van der Waals surface area contributed by atoms with Crippen LogP contribution >= 0.6 is 0 Å². The van der Waals surface area contributed by atoms with Crippen molar-refractivity contribution in [2.24, 2.45) is 0 Å². The number of carbonyl (C=O) groups excluding carboxylic acids is 2. The maximum atomic E-state index is 12.6. The van der Waals surface area contributed by atoms with Gasteiger partial charge in [0.1, 0.15) is 11.4 Å². The second-order valence-electron chi connectivity index (χ2n) is 8.39. The average Bonchev–Trinajstić information content (AvgIpc) is 3.35. The summed E-state index contributed by atoms with van der Waals surface area (Å²) in [4.78, 5) is 31.3. The van der Waals surface area contributed by atoms with Crippen molar-refractivity contribution in [2.45, 2.75) is 25.9 Å². The molecule has 4 heterocycles. The highest BCUT2D eigenvalue weighted by atomic mass is 16.6. The fourth-order valence-corrected chi connectivity index (χ4v) is 4.00. The first-order valence-corrected chi connectivity index (χ1v) is 10.4. The van der Waals surface area contributed by atoms with Gasteiger partial charge in [-0.1, -0.05) is 0 Å². The number of fused-ring (bicyclic) bond motifs is 2. The Balaban J connectivity index is 1.37. The van der Waals surface area contributed by atoms with Crippen LogP contribution in [0, 0.1) is 0 Å². The Morgan fingerprint density at radius 2 is 2.03 bits per heavy atom. The first kappa shape index (κ1) is 20.3. The van der Waals surface area contributed by atoms with Crippen molar-refractivity contribution >= 4 is 29.1 Å². The lowest BCUT2D eigenvalue weighted by Gasteiger charge is -2.31. The number of morpholine rings is 1. The predicted molar refractivity (Wildman–Crippen MR) is 115 cm³/mol. The van der Waals surface area contributed by atoms with Gasteiger partial charge < -0.3 is 19.1 Å². The van der Waals surface area contributed by atoms with Gasteiger partial charge in [0.25, 0.3) is 0 Å². The van der Waals surface area contributed by atoms with Gasteiger partial charge in [-0.25, -0.2) is 19.1 Å². The maximum Gasteiger partial charge on any atom is 0.419 e. The molecular weight excluding hydrogens is 414 g/mol. The molecule has 0 unspecified atom stereocenters. The van der Waals surface area contributed by atoms with E-state index in [1.54, 1.807) is 12.3 Å². The summed E-state index contributed by atoms with van der Waals surface area (Å²) in [5.41, 5.74) is 2.73. The molecule has 10 nitrogen and oxygen atoms in total. The van der Waals surface area contributed by atoms with Crippen LogP contribution in [0.3, 0.4) is 0 Å². The third kappa shape index (κ3) is 3.96. The highest BCUT2D eigenvalue weighted by Gasteiger charge is 2.32. The summed E-state index contributed by atoms with van der Waals surface area (Å²) in [5.74, 6) is -0.0176. The van der Waals surface area contributed by atoms with Crippen molar-refractivity contribution in [1.29, 1.82) is 0 Å². The molecule has 0 aliphatic carbocycles. The number of amides is 1. The Bertz CT molecular complexity index is 1200. The number of hydrogen-bond donors (Lipinski definition) is 1. The number of esters is 1. The number of aromatic nitrogens is 3. The van der Waals surface area contributed by atoms with Crippen LogP contribution in [0.1, 0.15) is 29.8 Å². The van der Waals surface area contributed by atoms with Gasteiger partial charge in [0.2, 0.25) is 0 Å². The fourth-order valence-electron chi connectivity index (χ4n) is 4.00. The van der Waals surface area contributed by atoms with E-state index in [1.165, 1.54) is 16.9 Å². The van der Waals surface area contributed by atoms with E-state index in [0.717, 1.165) is 17.0 Å². The van der Waals surface area contributed by atoms with Gasteiger partial charge in [-0.15, -0.1) is 0 Å². The number of rotatable bonds is 3. The summed E-state index contributed by atoms with van der Waals surface area (Å²) in [6, 6.07) is 5.52. The van der Waals surface area contributed by atoms with E-state index in [0.29, 0.717) is 44.1 Å². The summed E-state index contributed by atoms with van der Waals surface area (Å²) in [6.45, 7) is 6.59. The minimum absolute atomic E-state index is 0.119. The predicted octanol–water partition coefficient (Wildman–Crippen LogP) is 2.67. The number of nitrogens with zero attached hydrogens (tertiary/aromatic N) is 4. The molecule has 1 saturated heterocycles. The van der Waals surface area contributed by atoms with Crippen LogP contribution in [0.25, 0.3) is 5.65 Å². The van der Waals surface area contributed by atoms with Crippen molar-refractivity contribution < 1.29 is 23.8 Å². The molecule has 0 radical (unpaired) electrons. The fraction of sp³-hybridized carbons (Fsp3) is 0.364. The first-order chi connectivity index (χ1) is 15.4. The van der Waals surface area contributed by atoms with E-state index in [1.807, 2.05) is 26.0 Å². The second kappa shape index (κ2) is 7.79. The van der Waals surface area contributed by atoms with Crippen molar-refractivity contribution in [2.75, 3.05) is 36.5 Å². The molecule has 1 amide bonds. The molecule has 10 heteroatoms. The Kier molecular flexibility index (Phi) is 4.93. The van der Waals surface area contributed by atoms with Crippen LogP contribution < -0.4 is 15.0 Å². The molecule has 0 spiro atoms. The smallest absolute Gasteiger partial charge is 0.419 e. The second-order valence-corrected chi connectivity index (χ2v) is 8.39. The number of nitrogens with one attached hydrogen (secondary N) is 1.